The molecule has 0 atom stereocenters. The van der Waals surface area contributed by atoms with Crippen LogP contribution in [0.15, 0.2) is 303 Å². The quantitative estimate of drug-likeness (QED) is 0.121. The molecule has 3 aliphatic carbocycles. The summed E-state index contributed by atoms with van der Waals surface area (Å²) < 4.78 is 8.38. The van der Waals surface area contributed by atoms with Crippen molar-refractivity contribution in [2.75, 3.05) is 84.6 Å². The van der Waals surface area contributed by atoms with Gasteiger partial charge in [0.2, 0.25) is 0 Å². The minimum absolute atomic E-state index is 0.949. The van der Waals surface area contributed by atoms with Crippen LogP contribution in [-0.4, -0.2) is 114 Å². The van der Waals surface area contributed by atoms with Gasteiger partial charge < -0.3 is 29.4 Å². The van der Waals surface area contributed by atoms with Gasteiger partial charge in [-0.1, -0.05) is 372 Å². The Hall–Kier alpha value is -11.0. The summed E-state index contributed by atoms with van der Waals surface area (Å²) in [6, 6.07) is 111. The topological polar surface area (TPSA) is 19.4 Å². The van der Waals surface area contributed by atoms with Crippen LogP contribution >= 0.6 is 34.0 Å². The maximum Gasteiger partial charge on any atom is 0.0434 e. The summed E-state index contributed by atoms with van der Waals surface area (Å²) in [7, 11) is 25.6. The highest BCUT2D eigenvalue weighted by molar-refractivity contribution is 7.27. The summed E-state index contributed by atoms with van der Waals surface area (Å²) in [6.45, 7) is 37.8. The van der Waals surface area contributed by atoms with Crippen LogP contribution in [0.2, 0.25) is 0 Å². The van der Waals surface area contributed by atoms with Gasteiger partial charge in [0.25, 0.3) is 0 Å². The normalized spacial score (nSPS) is 11.2. The van der Waals surface area contributed by atoms with E-state index in [4.69, 9.17) is 0 Å². The number of thiophene rings is 3. The molecule has 0 spiro atoms. The van der Waals surface area contributed by atoms with Crippen LogP contribution in [0.1, 0.15) is 178 Å². The third-order valence-corrected chi connectivity index (χ3v) is 26.5. The molecule has 3 aliphatic rings. The van der Waals surface area contributed by atoms with Crippen LogP contribution in [0.25, 0.3) is 137 Å². The van der Waals surface area contributed by atoms with Crippen LogP contribution in [0.4, 0.5) is 0 Å². The summed E-state index contributed by atoms with van der Waals surface area (Å²) in [5.74, 6) is 0. The maximum atomic E-state index is 2.44. The summed E-state index contributed by atoms with van der Waals surface area (Å²) >= 11 is 5.78. The van der Waals surface area contributed by atoms with E-state index in [0.717, 1.165) is 58.5 Å². The van der Waals surface area contributed by atoms with E-state index in [0.29, 0.717) is 0 Å². The zero-order valence-electron chi connectivity index (χ0n) is 86.1. The van der Waals surface area contributed by atoms with Gasteiger partial charge in [0.05, 0.1) is 0 Å². The number of benzene rings is 16. The second-order valence-electron chi connectivity index (χ2n) is 33.7. The van der Waals surface area contributed by atoms with E-state index in [9.17, 15) is 0 Å². The van der Waals surface area contributed by atoms with E-state index >= 15 is 0 Å². The first kappa shape index (κ1) is 107. The molecule has 3 aromatic heterocycles. The smallest absolute Gasteiger partial charge is 0.0434 e. The number of fused-ring (bicyclic) bond motifs is 26. The molecule has 0 amide bonds. The van der Waals surface area contributed by atoms with Crippen molar-refractivity contribution in [2.45, 2.75) is 169 Å². The van der Waals surface area contributed by atoms with Gasteiger partial charge in [-0.2, -0.15) is 0 Å². The molecule has 700 valence electrons. The molecule has 0 saturated carbocycles. The lowest BCUT2D eigenvalue weighted by atomic mass is 9.96. The first-order valence-corrected chi connectivity index (χ1v) is 51.7. The number of hydrogen-bond donors (Lipinski definition) is 0. The summed E-state index contributed by atoms with van der Waals surface area (Å²) in [5.41, 5.74) is 25.6. The zero-order valence-corrected chi connectivity index (χ0v) is 88.6. The average molecular weight is 1830 g/mol. The van der Waals surface area contributed by atoms with Crippen molar-refractivity contribution in [3.05, 3.63) is 370 Å². The summed E-state index contributed by atoms with van der Waals surface area (Å²) in [5, 5.41) is 19.4. The molecule has 134 heavy (non-hydrogen) atoms. The molecule has 0 aliphatic heterocycles. The third kappa shape index (κ3) is 25.6. The van der Waals surface area contributed by atoms with Gasteiger partial charge in [-0.15, -0.1) is 34.0 Å². The molecule has 9 heteroatoms. The van der Waals surface area contributed by atoms with Crippen molar-refractivity contribution in [3.8, 4) is 33.4 Å². The highest BCUT2D eigenvalue weighted by atomic mass is 32.1. The number of nitrogens with zero attached hydrogens (tertiary/aromatic N) is 6. The van der Waals surface area contributed by atoms with Gasteiger partial charge >= 0.3 is 0 Å². The Balaban J connectivity index is 0.000000179. The SMILES string of the molecule is CC.CC.CC.CC.CC.CC.CC.CC.CN(C)Cc1cc2c(sc3cc(CN(C)C)c4ccccc4c32)c2ccccc12.CN(C)Cc1ccc2c(c1)sc1c3ccccc3c(CN(C)C)cc21.CN(C)Cc1ccc2sc3cc(CN(C)C)c4ccccc4c3c2c1.c1ccc2c(c1)Cc1ccccc1-2.c1ccc2c(c1)Cc1ccccc1-2.c1ccc2c(c1)Cc1ccccc1-2. The minimum atomic E-state index is 0.949. The fourth-order valence-corrected chi connectivity index (χ4v) is 21.9. The van der Waals surface area contributed by atoms with Gasteiger partial charge in [0, 0.05) is 99.8 Å². The molecule has 19 aromatic rings. The molecule has 0 N–H and O–H groups in total. The van der Waals surface area contributed by atoms with Gasteiger partial charge in [0.15, 0.2) is 0 Å². The van der Waals surface area contributed by atoms with Gasteiger partial charge in [-0.05, 0) is 290 Å². The van der Waals surface area contributed by atoms with Crippen molar-refractivity contribution in [3.63, 3.8) is 0 Å². The van der Waals surface area contributed by atoms with Crippen LogP contribution in [0.3, 0.4) is 0 Å². The second kappa shape index (κ2) is 53.3. The van der Waals surface area contributed by atoms with Crippen LogP contribution in [0.5, 0.6) is 0 Å². The van der Waals surface area contributed by atoms with Crippen molar-refractivity contribution < 1.29 is 0 Å². The molecule has 0 fully saturated rings. The molecular weight excluding hydrogens is 1680 g/mol. The van der Waals surface area contributed by atoms with Gasteiger partial charge in [-0.25, -0.2) is 0 Å². The fourth-order valence-electron chi connectivity index (χ4n) is 18.1. The molecule has 0 radical (unpaired) electrons. The Morgan fingerprint density at radius 3 is 0.761 bits per heavy atom. The largest absolute Gasteiger partial charge is 0.305 e. The second-order valence-corrected chi connectivity index (χ2v) is 36.9. The fraction of sp³-hybridized carbons (Fsp3) is 0.296. The predicted molar refractivity (Wildman–Crippen MR) is 607 cm³/mol. The van der Waals surface area contributed by atoms with Crippen molar-refractivity contribution >= 4 is 138 Å². The van der Waals surface area contributed by atoms with E-state index in [1.807, 2.05) is 145 Å². The predicted octanol–water partition coefficient (Wildman–Crippen LogP) is 35.1. The van der Waals surface area contributed by atoms with Crippen molar-refractivity contribution in [2.24, 2.45) is 0 Å². The van der Waals surface area contributed by atoms with E-state index in [1.165, 1.54) is 204 Å². The van der Waals surface area contributed by atoms with E-state index in [-0.39, 0.29) is 0 Å². The van der Waals surface area contributed by atoms with E-state index in [1.54, 1.807) is 0 Å². The van der Waals surface area contributed by atoms with Gasteiger partial charge in [-0.3, -0.25) is 0 Å². The Bertz CT molecular complexity index is 6570. The molecule has 3 heterocycles. The molecule has 22 rings (SSSR count). The molecule has 16 aromatic carbocycles. The Morgan fingerprint density at radius 2 is 0.425 bits per heavy atom. The highest BCUT2D eigenvalue weighted by Gasteiger charge is 2.23. The lowest BCUT2D eigenvalue weighted by Gasteiger charge is -2.14. The molecule has 0 saturated heterocycles. The monoisotopic (exact) mass is 1830 g/mol. The third-order valence-electron chi connectivity index (χ3n) is 23.0. The number of rotatable bonds is 12. The first-order valence-electron chi connectivity index (χ1n) is 49.3. The van der Waals surface area contributed by atoms with Gasteiger partial charge in [0.1, 0.15) is 0 Å². The Morgan fingerprint density at radius 1 is 0.179 bits per heavy atom. The minimum Gasteiger partial charge on any atom is -0.305 e. The average Bonchev–Trinajstić information content (AvgIpc) is 1.57. The van der Waals surface area contributed by atoms with Crippen molar-refractivity contribution in [1.82, 2.24) is 29.4 Å². The molecule has 0 unspecified atom stereocenters. The lowest BCUT2D eigenvalue weighted by Crippen LogP contribution is -2.11. The lowest BCUT2D eigenvalue weighted by molar-refractivity contribution is 0.402. The molecule has 6 nitrogen and oxygen atoms in total. The van der Waals surface area contributed by atoms with Crippen molar-refractivity contribution in [1.29, 1.82) is 0 Å². The van der Waals surface area contributed by atoms with Crippen LogP contribution in [-0.2, 0) is 58.5 Å². The number of hydrogen-bond acceptors (Lipinski definition) is 9. The van der Waals surface area contributed by atoms with Crippen LogP contribution in [0, 0.1) is 0 Å². The molecule has 0 bridgehead atoms. The Labute approximate surface area is 818 Å². The zero-order chi connectivity index (χ0) is 97.2. The van der Waals surface area contributed by atoms with E-state index < -0.39 is 0 Å². The molecular formula is C125H152N6S3. The van der Waals surface area contributed by atoms with E-state index in [2.05, 4.69) is 417 Å². The first-order chi connectivity index (χ1) is 65.4. The van der Waals surface area contributed by atoms with Crippen LogP contribution < -0.4 is 0 Å². The summed E-state index contributed by atoms with van der Waals surface area (Å²) in [6.07, 6.45) is 3.31. The standard InChI is InChI=1S/C26H26N2S.2C22H24N2S.3C13H10.8C2H6/c1-27(2)15-17-13-23-25-21-11-7-5-9-19(21)18(16-28(3)4)14-24(25)29-26(23)22-12-8-6-10-20(17)22;1-23(2)13-15-9-10-18-20-12-16(14-24(3)4)17-7-5-6-8-19(17)22(20)25-21(18)11-15;1-23(2)13-15-9-10-20-19(11-15)22-18-8-6-5-7-17(18)16(14-24(3)4)12-21(22)25-20;3*1-3-7-12-10(5-1)9-11-6-2-4-8-13(11)12;8*1-2/h5-14H,15-16H2,1-4H3;2*5-12H,13-14H2,1-4H3;3*1-8H,9H2;8*1-2H3. The Kier molecular flexibility index (Phi) is 42.4. The highest BCUT2D eigenvalue weighted by Crippen LogP contribution is 2.47. The maximum absolute atomic E-state index is 2.44. The summed E-state index contributed by atoms with van der Waals surface area (Å²) in [4.78, 5) is 13.5.